The second-order valence-electron chi connectivity index (χ2n) is 5.32. The van der Waals surface area contributed by atoms with Gasteiger partial charge in [0.2, 0.25) is 10.0 Å². The molecule has 0 amide bonds. The summed E-state index contributed by atoms with van der Waals surface area (Å²) in [5.41, 5.74) is 0.553. The van der Waals surface area contributed by atoms with Crippen LogP contribution < -0.4 is 14.8 Å². The number of hydrogen-bond donors (Lipinski definition) is 2. The number of anilines is 1. The molecule has 1 aliphatic rings. The normalized spacial score (nSPS) is 14.9. The van der Waals surface area contributed by atoms with Crippen LogP contribution in [0.5, 0.6) is 5.75 Å². The first-order valence-electron chi connectivity index (χ1n) is 7.56. The minimum atomic E-state index is -3.28. The first kappa shape index (κ1) is 16.1. The summed E-state index contributed by atoms with van der Waals surface area (Å²) in [4.78, 5) is 0. The van der Waals surface area contributed by atoms with E-state index in [2.05, 4.69) is 10.0 Å². The lowest BCUT2D eigenvalue weighted by Crippen LogP contribution is -2.20. The molecular weight excluding hydrogens is 288 g/mol. The van der Waals surface area contributed by atoms with Crippen LogP contribution in [0, 0.1) is 0 Å². The molecular formula is C15H24N2O3S. The van der Waals surface area contributed by atoms with Gasteiger partial charge >= 0.3 is 0 Å². The molecule has 0 radical (unpaired) electrons. The number of nitrogens with one attached hydrogen (secondary N) is 2. The Balaban J connectivity index is 1.74. The topological polar surface area (TPSA) is 67.4 Å². The van der Waals surface area contributed by atoms with E-state index in [1.165, 1.54) is 12.8 Å². The van der Waals surface area contributed by atoms with Crippen molar-refractivity contribution in [1.82, 2.24) is 5.32 Å². The lowest BCUT2D eigenvalue weighted by Gasteiger charge is -2.10. The van der Waals surface area contributed by atoms with Crippen molar-refractivity contribution in [3.05, 3.63) is 24.3 Å². The van der Waals surface area contributed by atoms with Gasteiger partial charge in [-0.25, -0.2) is 8.42 Å². The third-order valence-electron chi connectivity index (χ3n) is 3.27. The van der Waals surface area contributed by atoms with Crippen molar-refractivity contribution < 1.29 is 13.2 Å². The largest absolute Gasteiger partial charge is 0.494 e. The van der Waals surface area contributed by atoms with Crippen LogP contribution >= 0.6 is 0 Å². The first-order valence-corrected chi connectivity index (χ1v) is 9.21. The number of sulfonamides is 1. The molecule has 1 saturated carbocycles. The van der Waals surface area contributed by atoms with Crippen molar-refractivity contribution in [2.75, 3.05) is 23.6 Å². The quantitative estimate of drug-likeness (QED) is 0.651. The van der Waals surface area contributed by atoms with Gasteiger partial charge in [-0.2, -0.15) is 0 Å². The summed E-state index contributed by atoms with van der Waals surface area (Å²) in [6, 6.07) is 7.71. The molecule has 2 N–H and O–H groups in total. The summed E-state index contributed by atoms with van der Waals surface area (Å²) in [6.45, 7) is 3.36. The van der Waals surface area contributed by atoms with Gasteiger partial charge in [0.15, 0.2) is 0 Å². The summed E-state index contributed by atoms with van der Waals surface area (Å²) in [7, 11) is -3.28. The first-order chi connectivity index (χ1) is 10.1. The maximum atomic E-state index is 12.0. The standard InChI is InChI=1S/C15H24N2O3S/c1-2-20-15-7-5-6-14(12-15)17-21(18,19)11-4-3-10-16-13-8-9-13/h5-7,12-13,16-17H,2-4,8-11H2,1H3. The fourth-order valence-electron chi connectivity index (χ4n) is 2.06. The van der Waals surface area contributed by atoms with Gasteiger partial charge in [0.25, 0.3) is 0 Å². The Morgan fingerprint density at radius 2 is 2.10 bits per heavy atom. The zero-order valence-electron chi connectivity index (χ0n) is 12.5. The van der Waals surface area contributed by atoms with Gasteiger partial charge in [0.05, 0.1) is 18.0 Å². The molecule has 0 atom stereocenters. The Bertz CT molecular complexity index is 542. The average Bonchev–Trinajstić information content (AvgIpc) is 3.22. The van der Waals surface area contributed by atoms with Crippen LogP contribution in [-0.4, -0.2) is 33.4 Å². The van der Waals surface area contributed by atoms with E-state index in [1.807, 2.05) is 13.0 Å². The Morgan fingerprint density at radius 1 is 1.29 bits per heavy atom. The smallest absolute Gasteiger partial charge is 0.232 e. The number of unbranched alkanes of at least 4 members (excludes halogenated alkanes) is 1. The van der Waals surface area contributed by atoms with Crippen molar-refractivity contribution in [1.29, 1.82) is 0 Å². The zero-order chi connectivity index (χ0) is 15.1. The monoisotopic (exact) mass is 312 g/mol. The van der Waals surface area contributed by atoms with E-state index in [0.717, 1.165) is 13.0 Å². The lowest BCUT2D eigenvalue weighted by atomic mass is 10.3. The molecule has 1 fully saturated rings. The molecule has 6 heteroatoms. The molecule has 0 aliphatic heterocycles. The SMILES string of the molecule is CCOc1cccc(NS(=O)(=O)CCCCNC2CC2)c1. The van der Waals surface area contributed by atoms with Gasteiger partial charge in [-0.15, -0.1) is 0 Å². The molecule has 1 aromatic carbocycles. The lowest BCUT2D eigenvalue weighted by molar-refractivity contribution is 0.340. The fourth-order valence-corrected chi connectivity index (χ4v) is 3.23. The summed E-state index contributed by atoms with van der Waals surface area (Å²) < 4.78 is 32.0. The van der Waals surface area contributed by atoms with Crippen molar-refractivity contribution in [2.24, 2.45) is 0 Å². The van der Waals surface area contributed by atoms with Gasteiger partial charge in [-0.05, 0) is 51.3 Å². The van der Waals surface area contributed by atoms with Crippen molar-refractivity contribution in [3.63, 3.8) is 0 Å². The molecule has 0 unspecified atom stereocenters. The van der Waals surface area contributed by atoms with Crippen molar-refractivity contribution in [3.8, 4) is 5.75 Å². The maximum Gasteiger partial charge on any atom is 0.232 e. The highest BCUT2D eigenvalue weighted by molar-refractivity contribution is 7.92. The Morgan fingerprint density at radius 3 is 2.81 bits per heavy atom. The van der Waals surface area contributed by atoms with E-state index in [9.17, 15) is 8.42 Å². The highest BCUT2D eigenvalue weighted by atomic mass is 32.2. The minimum absolute atomic E-state index is 0.151. The third kappa shape index (κ3) is 6.35. The predicted molar refractivity (Wildman–Crippen MR) is 85.3 cm³/mol. The van der Waals surface area contributed by atoms with Crippen LogP contribution in [0.4, 0.5) is 5.69 Å². The Labute approximate surface area is 127 Å². The van der Waals surface area contributed by atoms with Gasteiger partial charge in [0.1, 0.15) is 5.75 Å². The molecule has 118 valence electrons. The average molecular weight is 312 g/mol. The zero-order valence-corrected chi connectivity index (χ0v) is 13.3. The predicted octanol–water partition coefficient (Wildman–Crippen LogP) is 2.36. The van der Waals surface area contributed by atoms with Crippen LogP contribution in [0.2, 0.25) is 0 Å². The molecule has 0 aromatic heterocycles. The Kier molecular flexibility index (Phi) is 5.87. The van der Waals surface area contributed by atoms with Crippen LogP contribution in [0.3, 0.4) is 0 Å². The molecule has 1 aromatic rings. The molecule has 5 nitrogen and oxygen atoms in total. The van der Waals surface area contributed by atoms with Crippen LogP contribution in [0.25, 0.3) is 0 Å². The molecule has 1 aliphatic carbocycles. The fraction of sp³-hybridized carbons (Fsp3) is 0.600. The minimum Gasteiger partial charge on any atom is -0.494 e. The van der Waals surface area contributed by atoms with E-state index in [0.29, 0.717) is 30.5 Å². The van der Waals surface area contributed by atoms with Gasteiger partial charge in [-0.3, -0.25) is 4.72 Å². The van der Waals surface area contributed by atoms with E-state index < -0.39 is 10.0 Å². The number of benzene rings is 1. The van der Waals surface area contributed by atoms with E-state index >= 15 is 0 Å². The van der Waals surface area contributed by atoms with Gasteiger partial charge < -0.3 is 10.1 Å². The summed E-state index contributed by atoms with van der Waals surface area (Å²) in [5.74, 6) is 0.824. The van der Waals surface area contributed by atoms with Crippen LogP contribution in [0.15, 0.2) is 24.3 Å². The number of hydrogen-bond acceptors (Lipinski definition) is 4. The van der Waals surface area contributed by atoms with Crippen molar-refractivity contribution in [2.45, 2.75) is 38.6 Å². The van der Waals surface area contributed by atoms with Crippen LogP contribution in [-0.2, 0) is 10.0 Å². The Hall–Kier alpha value is -1.27. The summed E-state index contributed by atoms with van der Waals surface area (Å²) in [6.07, 6.45) is 4.07. The molecule has 2 rings (SSSR count). The molecule has 21 heavy (non-hydrogen) atoms. The number of ether oxygens (including phenoxy) is 1. The van der Waals surface area contributed by atoms with Gasteiger partial charge in [0, 0.05) is 12.1 Å². The molecule has 0 spiro atoms. The molecule has 0 bridgehead atoms. The molecule has 0 saturated heterocycles. The third-order valence-corrected chi connectivity index (χ3v) is 4.64. The van der Waals surface area contributed by atoms with Crippen molar-refractivity contribution >= 4 is 15.7 Å². The summed E-state index contributed by atoms with van der Waals surface area (Å²) >= 11 is 0. The maximum absolute atomic E-state index is 12.0. The van der Waals surface area contributed by atoms with Gasteiger partial charge in [-0.1, -0.05) is 6.07 Å². The van der Waals surface area contributed by atoms with Crippen LogP contribution in [0.1, 0.15) is 32.6 Å². The number of rotatable bonds is 10. The van der Waals surface area contributed by atoms with E-state index in [-0.39, 0.29) is 5.75 Å². The summed E-state index contributed by atoms with van der Waals surface area (Å²) in [5, 5.41) is 3.38. The highest BCUT2D eigenvalue weighted by Crippen LogP contribution is 2.19. The van der Waals surface area contributed by atoms with E-state index in [4.69, 9.17) is 4.74 Å². The molecule has 0 heterocycles. The highest BCUT2D eigenvalue weighted by Gasteiger charge is 2.19. The second-order valence-corrected chi connectivity index (χ2v) is 7.16. The second kappa shape index (κ2) is 7.66. The van der Waals surface area contributed by atoms with E-state index in [1.54, 1.807) is 18.2 Å².